The van der Waals surface area contributed by atoms with E-state index in [1.807, 2.05) is 0 Å². The van der Waals surface area contributed by atoms with Gasteiger partial charge in [0.2, 0.25) is 5.91 Å². The zero-order valence-corrected chi connectivity index (χ0v) is 13.1. The Morgan fingerprint density at radius 3 is 2.21 bits per heavy atom. The lowest BCUT2D eigenvalue weighted by Crippen LogP contribution is -2.47. The summed E-state index contributed by atoms with van der Waals surface area (Å²) in [5, 5.41) is 3.09. The number of piperidine rings is 1. The van der Waals surface area contributed by atoms with Crippen LogP contribution in [-0.4, -0.2) is 42.5 Å². The van der Waals surface area contributed by atoms with Crippen molar-refractivity contribution in [2.24, 2.45) is 5.73 Å². The van der Waals surface area contributed by atoms with Crippen LogP contribution in [0.25, 0.3) is 0 Å². The van der Waals surface area contributed by atoms with Crippen LogP contribution in [0.5, 0.6) is 0 Å². The Balaban J connectivity index is 0.00000162. The molecule has 4 nitrogen and oxygen atoms in total. The molecule has 0 atom stereocenters. The summed E-state index contributed by atoms with van der Waals surface area (Å²) in [6.07, 6.45) is 8.23. The number of carbonyl (C=O) groups excluding carboxylic acids is 1. The van der Waals surface area contributed by atoms with E-state index in [1.165, 1.54) is 25.7 Å². The average molecular weight is 312 g/mol. The summed E-state index contributed by atoms with van der Waals surface area (Å²) in [6.45, 7) is 2.75. The number of halogens is 2. The summed E-state index contributed by atoms with van der Waals surface area (Å²) < 4.78 is 0. The van der Waals surface area contributed by atoms with Crippen LogP contribution >= 0.6 is 24.8 Å². The first kappa shape index (κ1) is 19.0. The molecule has 0 aromatic heterocycles. The van der Waals surface area contributed by atoms with E-state index in [0.29, 0.717) is 19.0 Å². The lowest BCUT2D eigenvalue weighted by Gasteiger charge is -2.36. The summed E-state index contributed by atoms with van der Waals surface area (Å²) in [7, 11) is 0. The van der Waals surface area contributed by atoms with Crippen molar-refractivity contribution in [3.63, 3.8) is 0 Å². The minimum atomic E-state index is 0. The van der Waals surface area contributed by atoms with Gasteiger partial charge in [0.15, 0.2) is 0 Å². The monoisotopic (exact) mass is 311 g/mol. The largest absolute Gasteiger partial charge is 0.353 e. The molecule has 0 aromatic carbocycles. The zero-order chi connectivity index (χ0) is 12.1. The summed E-state index contributed by atoms with van der Waals surface area (Å²) in [4.78, 5) is 14.1. The van der Waals surface area contributed by atoms with Crippen LogP contribution in [0.4, 0.5) is 0 Å². The standard InChI is InChI=1S/C13H25N3O.2ClH/c14-8-5-13(17)15-11-6-9-16(10-7-11)12-3-1-2-4-12;;/h11-12H,1-10,14H2,(H,15,17);2*1H. The predicted molar refractivity (Wildman–Crippen MR) is 83.2 cm³/mol. The molecule has 1 amide bonds. The van der Waals surface area contributed by atoms with Crippen LogP contribution in [0.3, 0.4) is 0 Å². The van der Waals surface area contributed by atoms with Crippen molar-refractivity contribution in [1.29, 1.82) is 0 Å². The zero-order valence-electron chi connectivity index (χ0n) is 11.5. The van der Waals surface area contributed by atoms with Crippen LogP contribution < -0.4 is 11.1 Å². The third-order valence-electron chi connectivity index (χ3n) is 4.11. The summed E-state index contributed by atoms with van der Waals surface area (Å²) in [6, 6.07) is 1.21. The highest BCUT2D eigenvalue weighted by Gasteiger charge is 2.27. The summed E-state index contributed by atoms with van der Waals surface area (Å²) in [5.74, 6) is 0.117. The van der Waals surface area contributed by atoms with E-state index in [2.05, 4.69) is 10.2 Å². The van der Waals surface area contributed by atoms with Crippen LogP contribution in [0, 0.1) is 0 Å². The molecule has 0 unspecified atom stereocenters. The van der Waals surface area contributed by atoms with Crippen molar-refractivity contribution in [2.75, 3.05) is 19.6 Å². The van der Waals surface area contributed by atoms with Crippen molar-refractivity contribution in [3.05, 3.63) is 0 Å². The van der Waals surface area contributed by atoms with Crippen LogP contribution in [0.15, 0.2) is 0 Å². The van der Waals surface area contributed by atoms with Gasteiger partial charge in [0.05, 0.1) is 0 Å². The molecule has 1 aliphatic heterocycles. The minimum Gasteiger partial charge on any atom is -0.353 e. The number of rotatable bonds is 4. The number of hydrogen-bond donors (Lipinski definition) is 2. The summed E-state index contributed by atoms with van der Waals surface area (Å²) in [5.41, 5.74) is 5.37. The van der Waals surface area contributed by atoms with Gasteiger partial charge in [-0.05, 0) is 25.7 Å². The SMILES string of the molecule is Cl.Cl.NCCC(=O)NC1CCN(C2CCCC2)CC1. The second-order valence-corrected chi connectivity index (χ2v) is 5.35. The smallest absolute Gasteiger partial charge is 0.221 e. The fourth-order valence-electron chi connectivity index (χ4n) is 3.11. The number of nitrogens with two attached hydrogens (primary N) is 1. The van der Waals surface area contributed by atoms with Gasteiger partial charge in [-0.1, -0.05) is 12.8 Å². The maximum absolute atomic E-state index is 11.4. The molecule has 0 aromatic rings. The number of likely N-dealkylation sites (tertiary alicyclic amines) is 1. The molecule has 19 heavy (non-hydrogen) atoms. The van der Waals surface area contributed by atoms with Crippen molar-refractivity contribution in [3.8, 4) is 0 Å². The number of nitrogens with zero attached hydrogens (tertiary/aromatic N) is 1. The first-order valence-electron chi connectivity index (χ1n) is 7.03. The molecule has 1 saturated heterocycles. The second-order valence-electron chi connectivity index (χ2n) is 5.35. The van der Waals surface area contributed by atoms with E-state index in [9.17, 15) is 4.79 Å². The van der Waals surface area contributed by atoms with Crippen molar-refractivity contribution in [2.45, 2.75) is 57.0 Å². The fraction of sp³-hybridized carbons (Fsp3) is 0.923. The molecular formula is C13H27Cl2N3O. The van der Waals surface area contributed by atoms with Crippen molar-refractivity contribution < 1.29 is 4.79 Å². The third kappa shape index (κ3) is 5.86. The van der Waals surface area contributed by atoms with E-state index in [4.69, 9.17) is 5.73 Å². The molecule has 0 spiro atoms. The van der Waals surface area contributed by atoms with Gasteiger partial charge in [-0.2, -0.15) is 0 Å². The van der Waals surface area contributed by atoms with Gasteiger partial charge in [0.25, 0.3) is 0 Å². The van der Waals surface area contributed by atoms with Gasteiger partial charge < -0.3 is 16.0 Å². The van der Waals surface area contributed by atoms with E-state index in [0.717, 1.165) is 32.0 Å². The molecule has 1 saturated carbocycles. The van der Waals surface area contributed by atoms with Gasteiger partial charge in [0, 0.05) is 38.1 Å². The average Bonchev–Trinajstić information content (AvgIpc) is 2.84. The van der Waals surface area contributed by atoms with Gasteiger partial charge in [-0.25, -0.2) is 0 Å². The van der Waals surface area contributed by atoms with Crippen molar-refractivity contribution >= 4 is 30.7 Å². The molecule has 2 aliphatic rings. The lowest BCUT2D eigenvalue weighted by molar-refractivity contribution is -0.121. The van der Waals surface area contributed by atoms with E-state index < -0.39 is 0 Å². The molecule has 114 valence electrons. The number of hydrogen-bond acceptors (Lipinski definition) is 3. The maximum Gasteiger partial charge on any atom is 0.221 e. The Bertz CT molecular complexity index is 252. The summed E-state index contributed by atoms with van der Waals surface area (Å²) >= 11 is 0. The predicted octanol–water partition coefficient (Wildman–Crippen LogP) is 1.70. The molecule has 1 heterocycles. The Labute approximate surface area is 128 Å². The van der Waals surface area contributed by atoms with Gasteiger partial charge in [-0.3, -0.25) is 4.79 Å². The minimum absolute atomic E-state index is 0. The molecular weight excluding hydrogens is 285 g/mol. The first-order chi connectivity index (χ1) is 8.29. The lowest BCUT2D eigenvalue weighted by atomic mass is 10.0. The highest BCUT2D eigenvalue weighted by molar-refractivity contribution is 5.85. The Morgan fingerprint density at radius 1 is 1.11 bits per heavy atom. The maximum atomic E-state index is 11.4. The van der Waals surface area contributed by atoms with Crippen LogP contribution in [0.1, 0.15) is 44.9 Å². The Morgan fingerprint density at radius 2 is 1.68 bits per heavy atom. The first-order valence-corrected chi connectivity index (χ1v) is 7.03. The van der Waals surface area contributed by atoms with Gasteiger partial charge in [-0.15, -0.1) is 24.8 Å². The Kier molecular flexibility index (Phi) is 9.79. The molecule has 2 fully saturated rings. The van der Waals surface area contributed by atoms with Gasteiger partial charge in [0.1, 0.15) is 0 Å². The Hall–Kier alpha value is -0.0300. The molecule has 2 rings (SSSR count). The molecule has 6 heteroatoms. The molecule has 0 bridgehead atoms. The highest BCUT2D eigenvalue weighted by atomic mass is 35.5. The van der Waals surface area contributed by atoms with E-state index in [1.54, 1.807) is 0 Å². The molecule has 0 radical (unpaired) electrons. The number of nitrogens with one attached hydrogen (secondary N) is 1. The number of carbonyl (C=O) groups is 1. The topological polar surface area (TPSA) is 58.4 Å². The highest BCUT2D eigenvalue weighted by Crippen LogP contribution is 2.26. The van der Waals surface area contributed by atoms with Gasteiger partial charge >= 0.3 is 0 Å². The van der Waals surface area contributed by atoms with E-state index in [-0.39, 0.29) is 30.7 Å². The van der Waals surface area contributed by atoms with Crippen LogP contribution in [0.2, 0.25) is 0 Å². The normalized spacial score (nSPS) is 21.5. The fourth-order valence-corrected chi connectivity index (χ4v) is 3.11. The molecule has 3 N–H and O–H groups in total. The third-order valence-corrected chi connectivity index (χ3v) is 4.11. The van der Waals surface area contributed by atoms with E-state index >= 15 is 0 Å². The number of amides is 1. The quantitative estimate of drug-likeness (QED) is 0.831. The van der Waals surface area contributed by atoms with Crippen LogP contribution in [-0.2, 0) is 4.79 Å². The molecule has 1 aliphatic carbocycles. The van der Waals surface area contributed by atoms with Crippen molar-refractivity contribution in [1.82, 2.24) is 10.2 Å². The second kappa shape index (κ2) is 9.81.